The van der Waals surface area contributed by atoms with Crippen LogP contribution in [0.3, 0.4) is 0 Å². The van der Waals surface area contributed by atoms with Crippen LogP contribution in [-0.4, -0.2) is 7.11 Å². The van der Waals surface area contributed by atoms with Crippen molar-refractivity contribution < 1.29 is 13.5 Å². The van der Waals surface area contributed by atoms with Gasteiger partial charge in [-0.1, -0.05) is 24.3 Å². The number of hydrogen-bond donors (Lipinski definition) is 0. The Morgan fingerprint density at radius 3 is 2.45 bits per heavy atom. The smallest absolute Gasteiger partial charge is 0.134 e. The highest BCUT2D eigenvalue weighted by molar-refractivity contribution is 6.21. The molecule has 1 aliphatic rings. The molecule has 1 aliphatic carbocycles. The van der Waals surface area contributed by atoms with Crippen LogP contribution < -0.4 is 4.74 Å². The van der Waals surface area contributed by atoms with Gasteiger partial charge in [0.1, 0.15) is 17.4 Å². The zero-order chi connectivity index (χ0) is 14.3. The minimum atomic E-state index is -0.712. The van der Waals surface area contributed by atoms with E-state index in [1.165, 1.54) is 24.8 Å². The monoisotopic (exact) mass is 294 g/mol. The van der Waals surface area contributed by atoms with E-state index >= 15 is 0 Å². The first-order chi connectivity index (χ1) is 9.61. The molecule has 0 heterocycles. The van der Waals surface area contributed by atoms with Crippen LogP contribution >= 0.6 is 11.6 Å². The fourth-order valence-corrected chi connectivity index (χ4v) is 3.14. The number of methoxy groups -OCH3 is 1. The van der Waals surface area contributed by atoms with Crippen LogP contribution in [0.1, 0.15) is 28.0 Å². The van der Waals surface area contributed by atoms with Gasteiger partial charge in [0.25, 0.3) is 0 Å². The number of benzene rings is 2. The molecule has 0 radical (unpaired) electrons. The molecule has 4 heteroatoms. The van der Waals surface area contributed by atoms with Crippen LogP contribution in [0.15, 0.2) is 36.4 Å². The van der Waals surface area contributed by atoms with Crippen molar-refractivity contribution >= 4 is 11.6 Å². The number of alkyl halides is 1. The molecule has 0 spiro atoms. The average molecular weight is 295 g/mol. The minimum Gasteiger partial charge on any atom is -0.497 e. The van der Waals surface area contributed by atoms with E-state index in [1.54, 1.807) is 0 Å². The van der Waals surface area contributed by atoms with Gasteiger partial charge in [0, 0.05) is 23.6 Å². The van der Waals surface area contributed by atoms with E-state index in [9.17, 15) is 8.78 Å². The molecule has 0 fully saturated rings. The quantitative estimate of drug-likeness (QED) is 0.752. The van der Waals surface area contributed by atoms with Gasteiger partial charge in [0.05, 0.1) is 12.5 Å². The zero-order valence-corrected chi connectivity index (χ0v) is 11.6. The number of fused-ring (bicyclic) bond motifs is 1. The lowest BCUT2D eigenvalue weighted by Crippen LogP contribution is -2.22. The Morgan fingerprint density at radius 2 is 1.85 bits per heavy atom. The first-order valence-corrected chi connectivity index (χ1v) is 6.80. The zero-order valence-electron chi connectivity index (χ0n) is 10.9. The van der Waals surface area contributed by atoms with Crippen molar-refractivity contribution in [1.82, 2.24) is 0 Å². The summed E-state index contributed by atoms with van der Waals surface area (Å²) in [5, 5.41) is -0.712. The molecule has 2 unspecified atom stereocenters. The van der Waals surface area contributed by atoms with Crippen LogP contribution in [0.5, 0.6) is 5.75 Å². The van der Waals surface area contributed by atoms with Gasteiger partial charge in [-0.3, -0.25) is 0 Å². The molecule has 0 N–H and O–H groups in total. The van der Waals surface area contributed by atoms with E-state index in [0.29, 0.717) is 0 Å². The van der Waals surface area contributed by atoms with Crippen LogP contribution in [0.2, 0.25) is 0 Å². The standard InChI is InChI=1S/C16H13ClF2O/c1-20-10-7-13(18)15(14(19)8-10)16(17)12-6-9-4-2-3-5-11(9)12/h2-5,7-8,12,16H,6H2,1H3. The lowest BCUT2D eigenvalue weighted by atomic mass is 9.74. The van der Waals surface area contributed by atoms with Crippen molar-refractivity contribution in [2.75, 3.05) is 7.11 Å². The Hall–Kier alpha value is -1.61. The first kappa shape index (κ1) is 13.4. The van der Waals surface area contributed by atoms with Gasteiger partial charge in [0.2, 0.25) is 0 Å². The SMILES string of the molecule is COc1cc(F)c(C(Cl)C2Cc3ccccc32)c(F)c1. The van der Waals surface area contributed by atoms with E-state index in [2.05, 4.69) is 0 Å². The first-order valence-electron chi connectivity index (χ1n) is 6.36. The summed E-state index contributed by atoms with van der Waals surface area (Å²) in [5.41, 5.74) is 2.19. The summed E-state index contributed by atoms with van der Waals surface area (Å²) < 4.78 is 32.9. The molecule has 2 aromatic carbocycles. The summed E-state index contributed by atoms with van der Waals surface area (Å²) in [5.74, 6) is -1.22. The molecule has 0 aromatic heterocycles. The highest BCUT2D eigenvalue weighted by Crippen LogP contribution is 2.48. The topological polar surface area (TPSA) is 9.23 Å². The Bertz CT molecular complexity index is 634. The maximum absolute atomic E-state index is 14.0. The molecule has 0 aliphatic heterocycles. The molecule has 1 nitrogen and oxygen atoms in total. The van der Waals surface area contributed by atoms with Crippen LogP contribution in [-0.2, 0) is 6.42 Å². The largest absolute Gasteiger partial charge is 0.497 e. The van der Waals surface area contributed by atoms with Crippen molar-refractivity contribution in [3.8, 4) is 5.75 Å². The fourth-order valence-electron chi connectivity index (χ4n) is 2.70. The van der Waals surface area contributed by atoms with Crippen molar-refractivity contribution in [3.05, 3.63) is 64.7 Å². The number of ether oxygens (including phenoxy) is 1. The van der Waals surface area contributed by atoms with Gasteiger partial charge in [-0.2, -0.15) is 0 Å². The Labute approximate surface area is 121 Å². The average Bonchev–Trinajstić information content (AvgIpc) is 2.39. The van der Waals surface area contributed by atoms with Gasteiger partial charge in [-0.05, 0) is 17.5 Å². The Balaban J connectivity index is 1.95. The lowest BCUT2D eigenvalue weighted by Gasteiger charge is -2.34. The van der Waals surface area contributed by atoms with E-state index in [-0.39, 0.29) is 17.2 Å². The van der Waals surface area contributed by atoms with Crippen molar-refractivity contribution in [2.24, 2.45) is 0 Å². The van der Waals surface area contributed by atoms with Crippen molar-refractivity contribution in [3.63, 3.8) is 0 Å². The van der Waals surface area contributed by atoms with Crippen molar-refractivity contribution in [1.29, 1.82) is 0 Å². The third-order valence-corrected chi connectivity index (χ3v) is 4.33. The second-order valence-corrected chi connectivity index (χ2v) is 5.39. The van der Waals surface area contributed by atoms with Crippen LogP contribution in [0, 0.1) is 11.6 Å². The third kappa shape index (κ3) is 2.06. The van der Waals surface area contributed by atoms with Crippen LogP contribution in [0.4, 0.5) is 8.78 Å². The molecule has 2 aromatic rings. The van der Waals surface area contributed by atoms with Gasteiger partial charge >= 0.3 is 0 Å². The Kier molecular flexibility index (Phi) is 3.38. The summed E-state index contributed by atoms with van der Waals surface area (Å²) >= 11 is 6.32. The maximum Gasteiger partial charge on any atom is 0.134 e. The predicted molar refractivity (Wildman–Crippen MR) is 74.4 cm³/mol. The van der Waals surface area contributed by atoms with Crippen LogP contribution in [0.25, 0.3) is 0 Å². The van der Waals surface area contributed by atoms with E-state index < -0.39 is 17.0 Å². The summed E-state index contributed by atoms with van der Waals surface area (Å²) in [6.45, 7) is 0. The van der Waals surface area contributed by atoms with E-state index in [1.807, 2.05) is 24.3 Å². The number of halogens is 3. The highest BCUT2D eigenvalue weighted by atomic mass is 35.5. The van der Waals surface area contributed by atoms with E-state index in [0.717, 1.165) is 12.0 Å². The van der Waals surface area contributed by atoms with Gasteiger partial charge in [0.15, 0.2) is 0 Å². The molecular formula is C16H13ClF2O. The molecule has 104 valence electrons. The molecule has 2 atom stereocenters. The van der Waals surface area contributed by atoms with Gasteiger partial charge in [-0.15, -0.1) is 11.6 Å². The predicted octanol–water partition coefficient (Wildman–Crippen LogP) is 4.59. The van der Waals surface area contributed by atoms with E-state index in [4.69, 9.17) is 16.3 Å². The molecule has 0 amide bonds. The second kappa shape index (κ2) is 5.06. The lowest BCUT2D eigenvalue weighted by molar-refractivity contribution is 0.403. The van der Waals surface area contributed by atoms with Crippen molar-refractivity contribution in [2.45, 2.75) is 17.7 Å². The summed E-state index contributed by atoms with van der Waals surface area (Å²) in [7, 11) is 1.37. The molecule has 0 saturated heterocycles. The highest BCUT2D eigenvalue weighted by Gasteiger charge is 2.35. The Morgan fingerprint density at radius 1 is 1.20 bits per heavy atom. The maximum atomic E-state index is 14.0. The summed E-state index contributed by atoms with van der Waals surface area (Å²) in [6.07, 6.45) is 0.745. The number of rotatable bonds is 3. The number of hydrogen-bond acceptors (Lipinski definition) is 1. The minimum absolute atomic E-state index is 0.0507. The molecule has 0 bridgehead atoms. The van der Waals surface area contributed by atoms with Gasteiger partial charge < -0.3 is 4.74 Å². The third-order valence-electron chi connectivity index (χ3n) is 3.81. The summed E-state index contributed by atoms with van der Waals surface area (Å²) in [4.78, 5) is 0. The van der Waals surface area contributed by atoms with Gasteiger partial charge in [-0.25, -0.2) is 8.78 Å². The summed E-state index contributed by atoms with van der Waals surface area (Å²) in [6, 6.07) is 10.2. The fraction of sp³-hybridized carbons (Fsp3) is 0.250. The molecule has 3 rings (SSSR count). The molecule has 0 saturated carbocycles. The molecular weight excluding hydrogens is 282 g/mol. The molecule has 20 heavy (non-hydrogen) atoms. The normalized spacial score (nSPS) is 18.1. The second-order valence-electron chi connectivity index (χ2n) is 4.92.